The van der Waals surface area contributed by atoms with E-state index in [1.807, 2.05) is 18.9 Å². The maximum atomic E-state index is 12.7. The van der Waals surface area contributed by atoms with Crippen molar-refractivity contribution < 1.29 is 26.2 Å². The number of likely N-dealkylation sites (N-methyl/N-ethyl adjacent to an activating group) is 2. The molecule has 0 spiro atoms. The number of amides is 1. The van der Waals surface area contributed by atoms with Crippen LogP contribution >= 0.6 is 0 Å². The Kier molecular flexibility index (Phi) is 9.41. The first kappa shape index (κ1) is 28.0. The molecule has 2 atom stereocenters. The highest BCUT2D eigenvalue weighted by molar-refractivity contribution is 7.90. The molecule has 188 valence electrons. The van der Waals surface area contributed by atoms with Crippen LogP contribution in [-0.4, -0.2) is 76.6 Å². The molecule has 1 aliphatic carbocycles. The van der Waals surface area contributed by atoms with Gasteiger partial charge in [-0.05, 0) is 70.3 Å². The number of rotatable bonds is 5. The SMILES string of the molecule is CN(C)C1CCCCC1N(C)C(=O)c1ccc(S(C)(=O)=O)cc1.Cc1ccc(S(=O)(=O)O)cc1. The van der Waals surface area contributed by atoms with Crippen LogP contribution in [0.15, 0.2) is 58.3 Å². The van der Waals surface area contributed by atoms with E-state index in [0.29, 0.717) is 11.6 Å². The molecule has 1 fully saturated rings. The van der Waals surface area contributed by atoms with Crippen LogP contribution in [0, 0.1) is 6.92 Å². The van der Waals surface area contributed by atoms with Gasteiger partial charge in [0.2, 0.25) is 0 Å². The van der Waals surface area contributed by atoms with Crippen molar-refractivity contribution in [3.05, 3.63) is 59.7 Å². The average molecular weight is 511 g/mol. The van der Waals surface area contributed by atoms with Gasteiger partial charge in [-0.3, -0.25) is 9.35 Å². The van der Waals surface area contributed by atoms with Crippen LogP contribution in [-0.2, 0) is 20.0 Å². The lowest BCUT2D eigenvalue weighted by atomic mass is 9.88. The number of nitrogens with zero attached hydrogens (tertiary/aromatic N) is 2. The van der Waals surface area contributed by atoms with Gasteiger partial charge >= 0.3 is 0 Å². The van der Waals surface area contributed by atoms with E-state index in [0.717, 1.165) is 24.8 Å². The molecule has 1 amide bonds. The number of aryl methyl sites for hydroxylation is 1. The van der Waals surface area contributed by atoms with E-state index in [-0.39, 0.29) is 21.7 Å². The molecule has 0 radical (unpaired) electrons. The van der Waals surface area contributed by atoms with Crippen molar-refractivity contribution in [3.8, 4) is 0 Å². The molecule has 0 bridgehead atoms. The summed E-state index contributed by atoms with van der Waals surface area (Å²) in [6.07, 6.45) is 5.61. The fourth-order valence-corrected chi connectivity index (χ4v) is 5.17. The molecule has 2 unspecified atom stereocenters. The minimum atomic E-state index is -4.02. The van der Waals surface area contributed by atoms with Gasteiger partial charge in [0, 0.05) is 31.0 Å². The summed E-state index contributed by atoms with van der Waals surface area (Å²) >= 11 is 0. The predicted molar refractivity (Wildman–Crippen MR) is 132 cm³/mol. The topological polar surface area (TPSA) is 112 Å². The third-order valence-corrected chi connectivity index (χ3v) is 8.02. The lowest BCUT2D eigenvalue weighted by Crippen LogP contribution is -2.51. The van der Waals surface area contributed by atoms with Crippen molar-refractivity contribution in [1.29, 1.82) is 0 Å². The van der Waals surface area contributed by atoms with Crippen LogP contribution in [0.25, 0.3) is 0 Å². The third-order valence-electron chi connectivity index (χ3n) is 6.02. The normalized spacial score (nSPS) is 18.7. The molecule has 34 heavy (non-hydrogen) atoms. The van der Waals surface area contributed by atoms with E-state index in [1.54, 1.807) is 24.3 Å². The molecule has 0 heterocycles. The van der Waals surface area contributed by atoms with E-state index in [9.17, 15) is 21.6 Å². The van der Waals surface area contributed by atoms with E-state index >= 15 is 0 Å². The van der Waals surface area contributed by atoms with Crippen LogP contribution in [0.5, 0.6) is 0 Å². The molecule has 2 aromatic rings. The smallest absolute Gasteiger partial charge is 0.294 e. The van der Waals surface area contributed by atoms with Gasteiger partial charge in [-0.15, -0.1) is 0 Å². The van der Waals surface area contributed by atoms with Crippen molar-refractivity contribution in [3.63, 3.8) is 0 Å². The van der Waals surface area contributed by atoms with E-state index < -0.39 is 20.0 Å². The number of carbonyl (C=O) groups excluding carboxylic acids is 1. The second kappa shape index (κ2) is 11.4. The summed E-state index contributed by atoms with van der Waals surface area (Å²) < 4.78 is 52.6. The zero-order chi connectivity index (χ0) is 25.7. The molecular formula is C24H34N2O6S2. The fraction of sp³-hybridized carbons (Fsp3) is 0.458. The van der Waals surface area contributed by atoms with Crippen molar-refractivity contribution >= 4 is 25.9 Å². The van der Waals surface area contributed by atoms with Crippen LogP contribution < -0.4 is 0 Å². The van der Waals surface area contributed by atoms with Gasteiger partial charge in [0.05, 0.1) is 9.79 Å². The van der Waals surface area contributed by atoms with E-state index in [2.05, 4.69) is 19.0 Å². The molecular weight excluding hydrogens is 476 g/mol. The van der Waals surface area contributed by atoms with Crippen molar-refractivity contribution in [1.82, 2.24) is 9.80 Å². The molecule has 8 nitrogen and oxygen atoms in total. The Bertz CT molecular complexity index is 1170. The first-order valence-corrected chi connectivity index (χ1v) is 14.3. The molecule has 1 N–H and O–H groups in total. The monoisotopic (exact) mass is 510 g/mol. The molecule has 1 saturated carbocycles. The molecule has 10 heteroatoms. The molecule has 0 saturated heterocycles. The largest absolute Gasteiger partial charge is 0.337 e. The Morgan fingerprint density at radius 3 is 1.74 bits per heavy atom. The van der Waals surface area contributed by atoms with Crippen molar-refractivity contribution in [2.75, 3.05) is 27.4 Å². The van der Waals surface area contributed by atoms with E-state index in [4.69, 9.17) is 4.55 Å². The second-order valence-electron chi connectivity index (χ2n) is 8.88. The zero-order valence-corrected chi connectivity index (χ0v) is 21.9. The summed E-state index contributed by atoms with van der Waals surface area (Å²) in [7, 11) is -1.30. The second-order valence-corrected chi connectivity index (χ2v) is 12.3. The first-order chi connectivity index (χ1) is 15.7. The zero-order valence-electron chi connectivity index (χ0n) is 20.3. The number of carbonyl (C=O) groups is 1. The minimum absolute atomic E-state index is 0.0520. The van der Waals surface area contributed by atoms with Crippen LogP contribution in [0.3, 0.4) is 0 Å². The highest BCUT2D eigenvalue weighted by atomic mass is 32.2. The Morgan fingerprint density at radius 1 is 0.824 bits per heavy atom. The van der Waals surface area contributed by atoms with E-state index in [1.165, 1.54) is 36.9 Å². The summed E-state index contributed by atoms with van der Waals surface area (Å²) in [4.78, 5) is 16.9. The number of hydrogen-bond donors (Lipinski definition) is 1. The predicted octanol–water partition coefficient (Wildman–Crippen LogP) is 3.28. The standard InChI is InChI=1S/C17H26N2O3S.C7H8O3S/c1-18(2)15-7-5-6-8-16(15)19(3)17(20)13-9-11-14(12-10-13)23(4,21)22;1-6-2-4-7(5-3-6)11(8,9)10/h9-12,15-16H,5-8H2,1-4H3;2-5H,1H3,(H,8,9,10). The Morgan fingerprint density at radius 2 is 1.29 bits per heavy atom. The fourth-order valence-electron chi connectivity index (χ4n) is 4.06. The van der Waals surface area contributed by atoms with Crippen molar-refractivity contribution in [2.45, 2.75) is 54.5 Å². The quantitative estimate of drug-likeness (QED) is 0.614. The molecule has 3 rings (SSSR count). The highest BCUT2D eigenvalue weighted by Crippen LogP contribution is 2.26. The summed E-state index contributed by atoms with van der Waals surface area (Å²) in [5.74, 6) is -0.0520. The molecule has 1 aliphatic rings. The van der Waals surface area contributed by atoms with Crippen LogP contribution in [0.4, 0.5) is 0 Å². The van der Waals surface area contributed by atoms with Gasteiger partial charge < -0.3 is 9.80 Å². The third kappa shape index (κ3) is 7.63. The number of hydrogen-bond acceptors (Lipinski definition) is 6. The Labute approximate surface area is 203 Å². The minimum Gasteiger partial charge on any atom is -0.337 e. The number of sulfone groups is 1. The van der Waals surface area contributed by atoms with Gasteiger partial charge in [0.25, 0.3) is 16.0 Å². The average Bonchev–Trinajstić information content (AvgIpc) is 2.77. The summed E-state index contributed by atoms with van der Waals surface area (Å²) in [6, 6.07) is 12.8. The van der Waals surface area contributed by atoms with Gasteiger partial charge in [0.15, 0.2) is 9.84 Å². The van der Waals surface area contributed by atoms with Crippen LogP contribution in [0.1, 0.15) is 41.6 Å². The van der Waals surface area contributed by atoms with Crippen LogP contribution in [0.2, 0.25) is 0 Å². The summed E-state index contributed by atoms with van der Waals surface area (Å²) in [5.41, 5.74) is 1.49. The lowest BCUT2D eigenvalue weighted by Gasteiger charge is -2.41. The maximum Gasteiger partial charge on any atom is 0.294 e. The molecule has 0 aliphatic heterocycles. The Balaban J connectivity index is 0.000000310. The summed E-state index contributed by atoms with van der Waals surface area (Å²) in [6.45, 7) is 1.84. The number of benzene rings is 2. The van der Waals surface area contributed by atoms with Gasteiger partial charge in [0.1, 0.15) is 0 Å². The van der Waals surface area contributed by atoms with Gasteiger partial charge in [-0.1, -0.05) is 30.5 Å². The lowest BCUT2D eigenvalue weighted by molar-refractivity contribution is 0.0544. The molecule has 0 aromatic heterocycles. The van der Waals surface area contributed by atoms with Gasteiger partial charge in [-0.25, -0.2) is 8.42 Å². The van der Waals surface area contributed by atoms with Crippen molar-refractivity contribution in [2.24, 2.45) is 0 Å². The molecule has 2 aromatic carbocycles. The Hall–Kier alpha value is -2.27. The highest BCUT2D eigenvalue weighted by Gasteiger charge is 2.32. The summed E-state index contributed by atoms with van der Waals surface area (Å²) in [5, 5.41) is 0. The maximum absolute atomic E-state index is 12.7. The first-order valence-electron chi connectivity index (χ1n) is 11.0. The van der Waals surface area contributed by atoms with Gasteiger partial charge in [-0.2, -0.15) is 8.42 Å².